The number of hydrogen-bond acceptors (Lipinski definition) is 5. The summed E-state index contributed by atoms with van der Waals surface area (Å²) in [5.74, 6) is -1.73. The van der Waals surface area contributed by atoms with E-state index in [4.69, 9.17) is 4.74 Å². The maximum absolute atomic E-state index is 13.0. The number of hydrogen-bond donors (Lipinski definition) is 1. The van der Waals surface area contributed by atoms with Crippen molar-refractivity contribution in [3.05, 3.63) is 70.2 Å². The largest absolute Gasteiger partial charge is 0.456 e. The Morgan fingerprint density at radius 2 is 1.72 bits per heavy atom. The number of ketones is 1. The van der Waals surface area contributed by atoms with Crippen molar-refractivity contribution < 1.29 is 23.9 Å². The summed E-state index contributed by atoms with van der Waals surface area (Å²) in [5.41, 5.74) is -0.182. The van der Waals surface area contributed by atoms with Crippen molar-refractivity contribution in [3.8, 4) is 0 Å². The predicted molar refractivity (Wildman–Crippen MR) is 108 cm³/mol. The van der Waals surface area contributed by atoms with Crippen LogP contribution in [0.25, 0.3) is 0 Å². The summed E-state index contributed by atoms with van der Waals surface area (Å²) >= 11 is 3.28. The van der Waals surface area contributed by atoms with Crippen molar-refractivity contribution in [1.82, 2.24) is 10.2 Å². The third-order valence-corrected chi connectivity index (χ3v) is 5.32. The van der Waals surface area contributed by atoms with E-state index in [2.05, 4.69) is 21.2 Å². The first-order valence-electron chi connectivity index (χ1n) is 9.01. The van der Waals surface area contributed by atoms with Gasteiger partial charge in [-0.2, -0.15) is 0 Å². The van der Waals surface area contributed by atoms with E-state index in [1.165, 1.54) is 0 Å². The van der Waals surface area contributed by atoms with E-state index in [1.54, 1.807) is 55.5 Å². The first-order valence-corrected chi connectivity index (χ1v) is 9.80. The highest BCUT2D eigenvalue weighted by Crippen LogP contribution is 2.32. The zero-order valence-corrected chi connectivity index (χ0v) is 17.3. The average molecular weight is 459 g/mol. The van der Waals surface area contributed by atoms with Crippen LogP contribution in [0.15, 0.2) is 59.1 Å². The molecule has 0 bridgehead atoms. The van der Waals surface area contributed by atoms with Crippen LogP contribution in [0.4, 0.5) is 4.79 Å². The number of carbonyl (C=O) groups excluding carboxylic acids is 4. The van der Waals surface area contributed by atoms with Crippen molar-refractivity contribution in [2.75, 3.05) is 13.2 Å². The molecule has 0 aromatic heterocycles. The second-order valence-corrected chi connectivity index (χ2v) is 7.45. The average Bonchev–Trinajstić information content (AvgIpc) is 2.98. The summed E-state index contributed by atoms with van der Waals surface area (Å²) < 4.78 is 5.80. The molecule has 1 aliphatic heterocycles. The molecule has 2 aromatic rings. The number of nitrogens with one attached hydrogen (secondary N) is 1. The Balaban J connectivity index is 1.64. The quantitative estimate of drug-likeness (QED) is 0.391. The molecule has 1 heterocycles. The smallest absolute Gasteiger partial charge is 0.326 e. The Morgan fingerprint density at radius 1 is 1.07 bits per heavy atom. The van der Waals surface area contributed by atoms with E-state index < -0.39 is 36.6 Å². The normalized spacial score (nSPS) is 18.5. The Morgan fingerprint density at radius 3 is 2.34 bits per heavy atom. The van der Waals surface area contributed by atoms with Gasteiger partial charge in [-0.1, -0.05) is 65.3 Å². The number of amides is 3. The molecule has 1 N–H and O–H groups in total. The molecular formula is C21H19BrN2O5. The molecule has 7 nitrogen and oxygen atoms in total. The third kappa shape index (κ3) is 4.22. The van der Waals surface area contributed by atoms with Crippen molar-refractivity contribution in [1.29, 1.82) is 0 Å². The molecule has 1 aliphatic rings. The summed E-state index contributed by atoms with van der Waals surface area (Å²) in [4.78, 5) is 50.4. The number of benzene rings is 2. The summed E-state index contributed by atoms with van der Waals surface area (Å²) in [7, 11) is 0. The van der Waals surface area contributed by atoms with Gasteiger partial charge in [-0.15, -0.1) is 0 Å². The molecule has 2 aromatic carbocycles. The highest BCUT2D eigenvalue weighted by molar-refractivity contribution is 9.10. The van der Waals surface area contributed by atoms with Crippen LogP contribution in [0.2, 0.25) is 0 Å². The number of esters is 1. The molecule has 0 aliphatic carbocycles. The lowest BCUT2D eigenvalue weighted by Gasteiger charge is -2.25. The zero-order chi connectivity index (χ0) is 21.0. The Bertz CT molecular complexity index is 945. The molecule has 150 valence electrons. The van der Waals surface area contributed by atoms with E-state index in [9.17, 15) is 19.2 Å². The summed E-state index contributed by atoms with van der Waals surface area (Å²) in [6, 6.07) is 14.8. The lowest BCUT2D eigenvalue weighted by Crippen LogP contribution is -2.44. The van der Waals surface area contributed by atoms with Gasteiger partial charge >= 0.3 is 12.0 Å². The lowest BCUT2D eigenvalue weighted by atomic mass is 9.87. The highest BCUT2D eigenvalue weighted by Gasteiger charge is 2.51. The van der Waals surface area contributed by atoms with Gasteiger partial charge in [-0.3, -0.25) is 19.3 Å². The summed E-state index contributed by atoms with van der Waals surface area (Å²) in [6.45, 7) is 0.748. The van der Waals surface area contributed by atoms with Gasteiger partial charge in [0.15, 0.2) is 12.4 Å². The fraction of sp³-hybridized carbons (Fsp3) is 0.238. The van der Waals surface area contributed by atoms with Gasteiger partial charge in [-0.05, 0) is 24.1 Å². The highest BCUT2D eigenvalue weighted by atomic mass is 79.9. The van der Waals surface area contributed by atoms with Gasteiger partial charge in [0.25, 0.3) is 5.91 Å². The minimum absolute atomic E-state index is 0.329. The van der Waals surface area contributed by atoms with Crippen LogP contribution in [-0.4, -0.2) is 41.7 Å². The van der Waals surface area contributed by atoms with Crippen LogP contribution in [0, 0.1) is 0 Å². The van der Waals surface area contributed by atoms with Crippen molar-refractivity contribution in [2.45, 2.75) is 18.9 Å². The molecule has 1 saturated heterocycles. The third-order valence-electron chi connectivity index (χ3n) is 4.79. The molecule has 1 atom stereocenters. The van der Waals surface area contributed by atoms with Gasteiger partial charge in [0.1, 0.15) is 12.1 Å². The monoisotopic (exact) mass is 458 g/mol. The molecule has 1 fully saturated rings. The van der Waals surface area contributed by atoms with Crippen molar-refractivity contribution in [3.63, 3.8) is 0 Å². The second kappa shape index (κ2) is 8.57. The number of Topliss-reactive ketones (excluding diaryl/α,β-unsaturated/α-hetero) is 1. The number of rotatable bonds is 7. The van der Waals surface area contributed by atoms with Crippen molar-refractivity contribution >= 4 is 39.6 Å². The summed E-state index contributed by atoms with van der Waals surface area (Å²) in [5, 5.41) is 2.69. The second-order valence-electron chi connectivity index (χ2n) is 6.54. The molecular weight excluding hydrogens is 440 g/mol. The van der Waals surface area contributed by atoms with E-state index in [0.29, 0.717) is 17.5 Å². The van der Waals surface area contributed by atoms with Crippen LogP contribution in [0.5, 0.6) is 0 Å². The molecule has 0 radical (unpaired) electrons. The van der Waals surface area contributed by atoms with E-state index >= 15 is 0 Å². The van der Waals surface area contributed by atoms with Gasteiger partial charge in [0, 0.05) is 10.0 Å². The first kappa shape index (κ1) is 20.7. The number of halogens is 1. The number of nitrogens with zero attached hydrogens (tertiary/aromatic N) is 1. The minimum Gasteiger partial charge on any atom is -0.456 e. The molecule has 8 heteroatoms. The summed E-state index contributed by atoms with van der Waals surface area (Å²) in [6.07, 6.45) is 0.329. The molecule has 0 unspecified atom stereocenters. The van der Waals surface area contributed by atoms with Gasteiger partial charge < -0.3 is 10.1 Å². The van der Waals surface area contributed by atoms with Gasteiger partial charge in [0.2, 0.25) is 0 Å². The van der Waals surface area contributed by atoms with E-state index in [-0.39, 0.29) is 5.78 Å². The number of imide groups is 1. The number of urea groups is 1. The van der Waals surface area contributed by atoms with Crippen LogP contribution in [0.1, 0.15) is 29.3 Å². The standard InChI is InChI=1S/C21H19BrN2O5/c1-2-21(15-6-4-3-5-7-15)19(27)24(20(28)23-21)12-18(26)29-13-17(25)14-8-10-16(22)11-9-14/h3-11H,2,12-13H2,1H3,(H,23,28)/t21-/m0/s1. The van der Waals surface area contributed by atoms with Crippen LogP contribution >= 0.6 is 15.9 Å². The van der Waals surface area contributed by atoms with Crippen LogP contribution in [-0.2, 0) is 19.9 Å². The van der Waals surface area contributed by atoms with E-state index in [1.807, 2.05) is 6.07 Å². The predicted octanol–water partition coefficient (Wildman–Crippen LogP) is 3.03. The SMILES string of the molecule is CC[C@@]1(c2ccccc2)NC(=O)N(CC(=O)OCC(=O)c2ccc(Br)cc2)C1=O. The van der Waals surface area contributed by atoms with E-state index in [0.717, 1.165) is 9.37 Å². The zero-order valence-electron chi connectivity index (χ0n) is 15.7. The molecule has 29 heavy (non-hydrogen) atoms. The van der Waals surface area contributed by atoms with Gasteiger partial charge in [0.05, 0.1) is 0 Å². The van der Waals surface area contributed by atoms with Gasteiger partial charge in [-0.25, -0.2) is 4.79 Å². The maximum atomic E-state index is 13.0. The Kier molecular flexibility index (Phi) is 6.12. The molecule has 3 amide bonds. The lowest BCUT2D eigenvalue weighted by molar-refractivity contribution is -0.147. The number of carbonyl (C=O) groups is 4. The topological polar surface area (TPSA) is 92.8 Å². The Hall–Kier alpha value is -3.00. The first-order chi connectivity index (χ1) is 13.9. The van der Waals surface area contributed by atoms with Crippen molar-refractivity contribution in [2.24, 2.45) is 0 Å². The Labute approximate surface area is 176 Å². The fourth-order valence-electron chi connectivity index (χ4n) is 3.17. The maximum Gasteiger partial charge on any atom is 0.326 e. The molecule has 0 spiro atoms. The fourth-order valence-corrected chi connectivity index (χ4v) is 3.44. The minimum atomic E-state index is -1.22. The van der Waals surface area contributed by atoms with Crippen LogP contribution < -0.4 is 5.32 Å². The molecule has 0 saturated carbocycles. The molecule has 3 rings (SSSR count). The van der Waals surface area contributed by atoms with Crippen LogP contribution in [0.3, 0.4) is 0 Å². The number of ether oxygens (including phenoxy) is 1.